The van der Waals surface area contributed by atoms with E-state index in [0.29, 0.717) is 0 Å². The molecule has 0 fully saturated rings. The molecule has 1 aromatic heterocycles. The molecule has 1 aliphatic rings. The minimum Gasteiger partial charge on any atom is -0.367 e. The number of anilines is 1. The molecular formula is C13H22N2O. The van der Waals surface area contributed by atoms with Gasteiger partial charge in [0.2, 0.25) is 0 Å². The summed E-state index contributed by atoms with van der Waals surface area (Å²) in [4.78, 5) is 0. The van der Waals surface area contributed by atoms with Crippen molar-refractivity contribution in [2.45, 2.75) is 52.4 Å². The fraction of sp³-hybridized carbons (Fsp3) is 0.769. The van der Waals surface area contributed by atoms with Crippen molar-refractivity contribution in [1.29, 1.82) is 0 Å². The highest BCUT2D eigenvalue weighted by atomic mass is 16.5. The molecule has 1 N–H and O–H groups in total. The lowest BCUT2D eigenvalue weighted by Gasteiger charge is -2.06. The van der Waals surface area contributed by atoms with Crippen LogP contribution in [-0.4, -0.2) is 11.7 Å². The van der Waals surface area contributed by atoms with Crippen LogP contribution in [0.2, 0.25) is 0 Å². The molecule has 3 nitrogen and oxygen atoms in total. The van der Waals surface area contributed by atoms with Crippen LogP contribution >= 0.6 is 0 Å². The second-order valence-electron chi connectivity index (χ2n) is 5.10. The van der Waals surface area contributed by atoms with E-state index in [-0.39, 0.29) is 0 Å². The summed E-state index contributed by atoms with van der Waals surface area (Å²) in [5.74, 6) is 2.85. The molecule has 0 radical (unpaired) electrons. The van der Waals surface area contributed by atoms with Crippen LogP contribution < -0.4 is 5.32 Å². The summed E-state index contributed by atoms with van der Waals surface area (Å²) in [7, 11) is 0. The monoisotopic (exact) mass is 222 g/mol. The summed E-state index contributed by atoms with van der Waals surface area (Å²) in [6.07, 6.45) is 7.20. The number of fused-ring (bicyclic) bond motifs is 1. The lowest BCUT2D eigenvalue weighted by atomic mass is 10.1. The maximum absolute atomic E-state index is 5.41. The van der Waals surface area contributed by atoms with Crippen LogP contribution in [0.4, 0.5) is 5.82 Å². The van der Waals surface area contributed by atoms with Crippen molar-refractivity contribution in [2.75, 3.05) is 11.9 Å². The second-order valence-corrected chi connectivity index (χ2v) is 5.10. The van der Waals surface area contributed by atoms with E-state index in [1.54, 1.807) is 0 Å². The first kappa shape index (κ1) is 11.5. The quantitative estimate of drug-likeness (QED) is 0.793. The van der Waals surface area contributed by atoms with Crippen molar-refractivity contribution in [3.05, 3.63) is 11.3 Å². The van der Waals surface area contributed by atoms with E-state index in [0.717, 1.165) is 36.9 Å². The highest BCUT2D eigenvalue weighted by molar-refractivity contribution is 5.45. The minimum atomic E-state index is 0.734. The molecule has 3 heteroatoms. The number of aryl methyl sites for hydroxylation is 1. The van der Waals surface area contributed by atoms with Gasteiger partial charge in [-0.2, -0.15) is 0 Å². The smallest absolute Gasteiger partial charge is 0.172 e. The van der Waals surface area contributed by atoms with Crippen LogP contribution in [0.3, 0.4) is 0 Å². The van der Waals surface area contributed by atoms with Crippen molar-refractivity contribution >= 4 is 5.82 Å². The highest BCUT2D eigenvalue weighted by Crippen LogP contribution is 2.26. The van der Waals surface area contributed by atoms with E-state index in [2.05, 4.69) is 24.3 Å². The van der Waals surface area contributed by atoms with Crippen molar-refractivity contribution in [3.63, 3.8) is 0 Å². The second kappa shape index (κ2) is 5.37. The summed E-state index contributed by atoms with van der Waals surface area (Å²) in [6, 6.07) is 0. The topological polar surface area (TPSA) is 38.1 Å². The first-order valence-electron chi connectivity index (χ1n) is 6.48. The van der Waals surface area contributed by atoms with Gasteiger partial charge in [-0.15, -0.1) is 0 Å². The molecule has 0 unspecified atom stereocenters. The third-order valence-electron chi connectivity index (χ3n) is 3.21. The van der Waals surface area contributed by atoms with Crippen LogP contribution in [0.1, 0.15) is 50.9 Å². The number of aromatic nitrogens is 1. The van der Waals surface area contributed by atoms with Gasteiger partial charge < -0.3 is 9.84 Å². The van der Waals surface area contributed by atoms with Gasteiger partial charge in [-0.3, -0.25) is 0 Å². The summed E-state index contributed by atoms with van der Waals surface area (Å²) < 4.78 is 5.41. The van der Waals surface area contributed by atoms with Crippen LogP contribution in [-0.2, 0) is 12.8 Å². The Morgan fingerprint density at radius 2 is 2.06 bits per heavy atom. The van der Waals surface area contributed by atoms with Gasteiger partial charge in [0.15, 0.2) is 5.82 Å². The fourth-order valence-corrected chi connectivity index (χ4v) is 2.18. The Balaban J connectivity index is 1.96. The molecule has 0 saturated carbocycles. The van der Waals surface area contributed by atoms with E-state index in [4.69, 9.17) is 4.52 Å². The predicted octanol–water partition coefficient (Wildman–Crippen LogP) is 3.40. The lowest BCUT2D eigenvalue weighted by Crippen LogP contribution is -2.06. The van der Waals surface area contributed by atoms with Crippen molar-refractivity contribution in [2.24, 2.45) is 5.92 Å². The third-order valence-corrected chi connectivity index (χ3v) is 3.21. The Labute approximate surface area is 97.6 Å². The molecule has 2 rings (SSSR count). The van der Waals surface area contributed by atoms with Gasteiger partial charge in [0.1, 0.15) is 5.76 Å². The Hall–Kier alpha value is -0.990. The molecular weight excluding hydrogens is 200 g/mol. The highest BCUT2D eigenvalue weighted by Gasteiger charge is 2.17. The largest absolute Gasteiger partial charge is 0.367 e. The molecule has 0 atom stereocenters. The van der Waals surface area contributed by atoms with Gasteiger partial charge in [-0.25, -0.2) is 0 Å². The molecule has 0 bridgehead atoms. The molecule has 16 heavy (non-hydrogen) atoms. The predicted molar refractivity (Wildman–Crippen MR) is 65.7 cm³/mol. The molecule has 1 aromatic rings. The van der Waals surface area contributed by atoms with Gasteiger partial charge in [0.05, 0.1) is 0 Å². The van der Waals surface area contributed by atoms with Crippen molar-refractivity contribution in [1.82, 2.24) is 5.16 Å². The molecule has 0 amide bonds. The minimum absolute atomic E-state index is 0.734. The van der Waals surface area contributed by atoms with Gasteiger partial charge in [0, 0.05) is 18.5 Å². The number of hydrogen-bond acceptors (Lipinski definition) is 3. The zero-order valence-corrected chi connectivity index (χ0v) is 10.4. The Morgan fingerprint density at radius 3 is 2.88 bits per heavy atom. The molecule has 0 aliphatic heterocycles. The Bertz CT molecular complexity index is 331. The fourth-order valence-electron chi connectivity index (χ4n) is 2.18. The van der Waals surface area contributed by atoms with E-state index in [9.17, 15) is 0 Å². The molecule has 1 heterocycles. The van der Waals surface area contributed by atoms with Gasteiger partial charge in [0.25, 0.3) is 0 Å². The van der Waals surface area contributed by atoms with Gasteiger partial charge in [-0.05, 0) is 31.6 Å². The first-order valence-corrected chi connectivity index (χ1v) is 6.48. The molecule has 1 aliphatic carbocycles. The number of hydrogen-bond donors (Lipinski definition) is 1. The number of rotatable bonds is 4. The van der Waals surface area contributed by atoms with Crippen LogP contribution in [0.5, 0.6) is 0 Å². The van der Waals surface area contributed by atoms with E-state index >= 15 is 0 Å². The van der Waals surface area contributed by atoms with Gasteiger partial charge >= 0.3 is 0 Å². The third kappa shape index (κ3) is 2.77. The van der Waals surface area contributed by atoms with Crippen LogP contribution in [0.25, 0.3) is 0 Å². The van der Waals surface area contributed by atoms with E-state index < -0.39 is 0 Å². The van der Waals surface area contributed by atoms with Crippen LogP contribution in [0, 0.1) is 5.92 Å². The number of nitrogens with one attached hydrogen (secondary N) is 1. The number of nitrogens with zero attached hydrogens (tertiary/aromatic N) is 1. The first-order chi connectivity index (χ1) is 7.77. The normalized spacial score (nSPS) is 15.9. The Kier molecular flexibility index (Phi) is 3.86. The summed E-state index contributed by atoms with van der Waals surface area (Å²) in [5.41, 5.74) is 1.33. The summed E-state index contributed by atoms with van der Waals surface area (Å²) in [5, 5.41) is 7.56. The van der Waals surface area contributed by atoms with E-state index in [1.807, 2.05) is 0 Å². The summed E-state index contributed by atoms with van der Waals surface area (Å²) in [6.45, 7) is 5.48. The molecule has 0 spiro atoms. The zero-order chi connectivity index (χ0) is 11.4. The van der Waals surface area contributed by atoms with Crippen molar-refractivity contribution in [3.8, 4) is 0 Å². The average molecular weight is 222 g/mol. The average Bonchev–Trinajstić information content (AvgIpc) is 2.49. The summed E-state index contributed by atoms with van der Waals surface area (Å²) >= 11 is 0. The maximum atomic E-state index is 5.41. The standard InChI is InChI=1S/C13H22N2O/c1-10(2)8-9-14-13-11-6-4-3-5-7-12(11)16-15-13/h10H,3-9H2,1-2H3,(H,14,15). The van der Waals surface area contributed by atoms with Crippen molar-refractivity contribution < 1.29 is 4.52 Å². The molecule has 0 aromatic carbocycles. The lowest BCUT2D eigenvalue weighted by molar-refractivity contribution is 0.382. The SMILES string of the molecule is CC(C)CCNc1noc2c1CCCCC2. The zero-order valence-electron chi connectivity index (χ0n) is 10.4. The van der Waals surface area contributed by atoms with Gasteiger partial charge in [-0.1, -0.05) is 25.4 Å². The maximum Gasteiger partial charge on any atom is 0.172 e. The molecule has 90 valence electrons. The molecule has 0 saturated heterocycles. The Morgan fingerprint density at radius 1 is 1.25 bits per heavy atom. The van der Waals surface area contributed by atoms with E-state index in [1.165, 1.54) is 31.2 Å². The van der Waals surface area contributed by atoms with Crippen LogP contribution in [0.15, 0.2) is 4.52 Å².